The maximum absolute atomic E-state index is 12.6. The summed E-state index contributed by atoms with van der Waals surface area (Å²) in [6.07, 6.45) is 1.81. The molecule has 1 rings (SSSR count). The highest BCUT2D eigenvalue weighted by atomic mass is 127. The Morgan fingerprint density at radius 2 is 1.72 bits per heavy atom. The summed E-state index contributed by atoms with van der Waals surface area (Å²) >= 11 is 0. The van der Waals surface area contributed by atoms with E-state index in [1.165, 1.54) is 0 Å². The zero-order chi connectivity index (χ0) is 21.2. The molecule has 1 saturated heterocycles. The Hall–Kier alpha value is -0.830. The van der Waals surface area contributed by atoms with Gasteiger partial charge in [-0.05, 0) is 32.1 Å². The van der Waals surface area contributed by atoms with Gasteiger partial charge in [-0.3, -0.25) is 9.79 Å². The van der Waals surface area contributed by atoms with Gasteiger partial charge in [-0.2, -0.15) is 17.5 Å². The van der Waals surface area contributed by atoms with Crippen molar-refractivity contribution < 1.29 is 26.4 Å². The van der Waals surface area contributed by atoms with Crippen molar-refractivity contribution in [1.29, 1.82) is 0 Å². The number of carbonyl (C=O) groups excluding carboxylic acids is 1. The summed E-state index contributed by atoms with van der Waals surface area (Å²) in [5.74, 6) is 0.475. The van der Waals surface area contributed by atoms with Crippen molar-refractivity contribution in [1.82, 2.24) is 20.3 Å². The lowest BCUT2D eigenvalue weighted by atomic mass is 9.98. The van der Waals surface area contributed by atoms with Crippen molar-refractivity contribution in [3.8, 4) is 0 Å². The van der Waals surface area contributed by atoms with E-state index in [9.17, 15) is 26.4 Å². The van der Waals surface area contributed by atoms with E-state index in [-0.39, 0.29) is 48.9 Å². The minimum absolute atomic E-state index is 0. The number of carbonyl (C=O) groups is 1. The van der Waals surface area contributed by atoms with E-state index in [1.807, 2.05) is 13.8 Å². The minimum atomic E-state index is -5.26. The first-order valence-corrected chi connectivity index (χ1v) is 10.9. The van der Waals surface area contributed by atoms with Crippen LogP contribution in [0.3, 0.4) is 0 Å². The van der Waals surface area contributed by atoms with Crippen LogP contribution in [0.1, 0.15) is 39.5 Å². The van der Waals surface area contributed by atoms with Gasteiger partial charge in [0.15, 0.2) is 5.96 Å². The van der Waals surface area contributed by atoms with E-state index in [2.05, 4.69) is 20.9 Å². The normalized spacial score (nSPS) is 16.8. The SMILES string of the molecule is CCCNC(=O)CCNC(=NCC1CCN(S(=O)(=O)C(F)(F)F)CC1)NCC.I. The van der Waals surface area contributed by atoms with E-state index >= 15 is 0 Å². The van der Waals surface area contributed by atoms with Gasteiger partial charge in [0.1, 0.15) is 0 Å². The highest BCUT2D eigenvalue weighted by Crippen LogP contribution is 2.30. The van der Waals surface area contributed by atoms with E-state index in [1.54, 1.807) is 0 Å². The number of amides is 1. The van der Waals surface area contributed by atoms with E-state index < -0.39 is 15.5 Å². The highest BCUT2D eigenvalue weighted by Gasteiger charge is 2.50. The molecule has 8 nitrogen and oxygen atoms in total. The number of rotatable bonds is 9. The first-order chi connectivity index (χ1) is 13.1. The number of hydrogen-bond acceptors (Lipinski definition) is 4. The Morgan fingerprint density at radius 3 is 2.24 bits per heavy atom. The zero-order valence-corrected chi connectivity index (χ0v) is 19.9. The van der Waals surface area contributed by atoms with Crippen LogP contribution >= 0.6 is 24.0 Å². The number of sulfonamides is 1. The van der Waals surface area contributed by atoms with Crippen molar-refractivity contribution in [2.24, 2.45) is 10.9 Å². The van der Waals surface area contributed by atoms with Crippen LogP contribution in [0.15, 0.2) is 4.99 Å². The summed E-state index contributed by atoms with van der Waals surface area (Å²) in [5.41, 5.74) is -5.26. The molecule has 1 aliphatic rings. The maximum Gasteiger partial charge on any atom is 0.511 e. The summed E-state index contributed by atoms with van der Waals surface area (Å²) in [5, 5.41) is 8.86. The molecule has 29 heavy (non-hydrogen) atoms. The molecule has 0 aromatic rings. The predicted octanol–water partition coefficient (Wildman–Crippen LogP) is 1.64. The van der Waals surface area contributed by atoms with Crippen LogP contribution in [0.2, 0.25) is 0 Å². The topological polar surface area (TPSA) is 103 Å². The zero-order valence-electron chi connectivity index (χ0n) is 16.7. The van der Waals surface area contributed by atoms with Crippen LogP contribution < -0.4 is 16.0 Å². The summed E-state index contributed by atoms with van der Waals surface area (Å²) in [7, 11) is -5.25. The second-order valence-corrected chi connectivity index (χ2v) is 8.47. The molecule has 1 amide bonds. The van der Waals surface area contributed by atoms with Gasteiger partial charge >= 0.3 is 15.5 Å². The van der Waals surface area contributed by atoms with E-state index in [0.29, 0.717) is 55.7 Å². The minimum Gasteiger partial charge on any atom is -0.357 e. The Kier molecular flexibility index (Phi) is 13.1. The Labute approximate surface area is 187 Å². The van der Waals surface area contributed by atoms with E-state index in [0.717, 1.165) is 6.42 Å². The lowest BCUT2D eigenvalue weighted by molar-refractivity contribution is -0.120. The summed E-state index contributed by atoms with van der Waals surface area (Å²) in [6.45, 7) is 5.57. The van der Waals surface area contributed by atoms with Crippen LogP contribution in [-0.2, 0) is 14.8 Å². The third-order valence-corrected chi connectivity index (χ3v) is 5.90. The molecule has 0 spiro atoms. The van der Waals surface area contributed by atoms with Gasteiger partial charge in [0.05, 0.1) is 0 Å². The molecule has 13 heteroatoms. The molecule has 0 radical (unpaired) electrons. The number of piperidine rings is 1. The molecule has 0 aromatic carbocycles. The molecule has 0 saturated carbocycles. The fourth-order valence-electron chi connectivity index (χ4n) is 2.69. The lowest BCUT2D eigenvalue weighted by Crippen LogP contribution is -2.45. The van der Waals surface area contributed by atoms with Gasteiger partial charge in [-0.25, -0.2) is 8.42 Å². The van der Waals surface area contributed by atoms with Crippen molar-refractivity contribution in [2.45, 2.75) is 45.0 Å². The molecular weight excluding hydrogens is 526 g/mol. The number of hydrogen-bond donors (Lipinski definition) is 3. The van der Waals surface area contributed by atoms with Crippen LogP contribution in [-0.4, -0.2) is 69.4 Å². The van der Waals surface area contributed by atoms with Gasteiger partial charge in [0.25, 0.3) is 0 Å². The summed E-state index contributed by atoms with van der Waals surface area (Å²) in [4.78, 5) is 16.0. The summed E-state index contributed by atoms with van der Waals surface area (Å²) < 4.78 is 61.1. The number of alkyl halides is 3. The first kappa shape index (κ1) is 28.2. The quantitative estimate of drug-likeness (QED) is 0.227. The van der Waals surface area contributed by atoms with Crippen LogP contribution in [0.5, 0.6) is 0 Å². The molecule has 1 aliphatic heterocycles. The first-order valence-electron chi connectivity index (χ1n) is 9.47. The van der Waals surface area contributed by atoms with Gasteiger partial charge in [-0.15, -0.1) is 24.0 Å². The van der Waals surface area contributed by atoms with Crippen LogP contribution in [0.4, 0.5) is 13.2 Å². The highest BCUT2D eigenvalue weighted by molar-refractivity contribution is 14.0. The van der Waals surface area contributed by atoms with Crippen LogP contribution in [0.25, 0.3) is 0 Å². The van der Waals surface area contributed by atoms with Gasteiger partial charge in [0.2, 0.25) is 5.91 Å². The molecule has 0 aliphatic carbocycles. The predicted molar refractivity (Wildman–Crippen MR) is 117 cm³/mol. The molecule has 3 N–H and O–H groups in total. The smallest absolute Gasteiger partial charge is 0.357 e. The third kappa shape index (κ3) is 9.68. The molecule has 0 atom stereocenters. The fraction of sp³-hybridized carbons (Fsp3) is 0.875. The van der Waals surface area contributed by atoms with Crippen molar-refractivity contribution in [3.05, 3.63) is 0 Å². The lowest BCUT2D eigenvalue weighted by Gasteiger charge is -2.30. The van der Waals surface area contributed by atoms with E-state index in [4.69, 9.17) is 0 Å². The largest absolute Gasteiger partial charge is 0.511 e. The van der Waals surface area contributed by atoms with Crippen molar-refractivity contribution >= 4 is 45.9 Å². The third-order valence-electron chi connectivity index (χ3n) is 4.27. The number of nitrogens with zero attached hydrogens (tertiary/aromatic N) is 2. The number of halogens is 4. The van der Waals surface area contributed by atoms with Crippen LogP contribution in [0, 0.1) is 5.92 Å². The van der Waals surface area contributed by atoms with Crippen molar-refractivity contribution in [3.63, 3.8) is 0 Å². The molecule has 0 unspecified atom stereocenters. The Bertz CT molecular complexity index is 624. The molecule has 1 fully saturated rings. The average Bonchev–Trinajstić information content (AvgIpc) is 2.63. The van der Waals surface area contributed by atoms with Crippen molar-refractivity contribution in [2.75, 3.05) is 39.3 Å². The second kappa shape index (κ2) is 13.5. The molecule has 0 bridgehead atoms. The number of aliphatic imine (C=N–C) groups is 1. The maximum atomic E-state index is 12.6. The van der Waals surface area contributed by atoms with Gasteiger partial charge in [-0.1, -0.05) is 6.92 Å². The standard InChI is InChI=1S/C16H30F3N5O3S.HI/c1-3-8-21-14(25)5-9-22-15(20-4-2)23-12-13-6-10-24(11-7-13)28(26,27)16(17,18)19;/h13H,3-12H2,1-2H3,(H,21,25)(H2,20,22,23);1H. The molecular formula is C16H31F3IN5O3S. The molecule has 172 valence electrons. The monoisotopic (exact) mass is 557 g/mol. The Balaban J connectivity index is 0.00000784. The van der Waals surface area contributed by atoms with Gasteiger partial charge < -0.3 is 16.0 Å². The molecule has 0 aromatic heterocycles. The second-order valence-electron chi connectivity index (χ2n) is 6.54. The van der Waals surface area contributed by atoms with Gasteiger partial charge in [0, 0.05) is 45.7 Å². The number of guanidine groups is 1. The average molecular weight is 557 g/mol. The number of nitrogens with one attached hydrogen (secondary N) is 3. The Morgan fingerprint density at radius 1 is 1.10 bits per heavy atom. The molecule has 1 heterocycles. The summed E-state index contributed by atoms with van der Waals surface area (Å²) in [6, 6.07) is 0. The fourth-order valence-corrected chi connectivity index (χ4v) is 3.67.